The zero-order valence-corrected chi connectivity index (χ0v) is 8.46. The van der Waals surface area contributed by atoms with Crippen molar-refractivity contribution in [1.29, 1.82) is 5.41 Å². The average Bonchev–Trinajstić information content (AvgIpc) is 2.01. The third kappa shape index (κ3) is 2.93. The Labute approximate surface area is 79.5 Å². The van der Waals surface area contributed by atoms with Gasteiger partial charge in [-0.15, -0.1) is 6.58 Å². The summed E-state index contributed by atoms with van der Waals surface area (Å²) in [5.41, 5.74) is 5.87. The van der Waals surface area contributed by atoms with Gasteiger partial charge in [-0.3, -0.25) is 5.41 Å². The van der Waals surface area contributed by atoms with Gasteiger partial charge in [-0.05, 0) is 18.8 Å². The van der Waals surface area contributed by atoms with Gasteiger partial charge in [0.2, 0.25) is 0 Å². The standard InChI is InChI=1S/C10H18N2O/c1-5-6(2)7(3)9(8(4)13)10(11)12/h5-7,13H,1H2,2-4H3,(H3,11,12). The first-order chi connectivity index (χ1) is 5.91. The van der Waals surface area contributed by atoms with Crippen molar-refractivity contribution in [3.63, 3.8) is 0 Å². The molecule has 0 aliphatic heterocycles. The summed E-state index contributed by atoms with van der Waals surface area (Å²) in [6.45, 7) is 9.11. The van der Waals surface area contributed by atoms with E-state index < -0.39 is 0 Å². The molecule has 0 heterocycles. The molecule has 74 valence electrons. The zero-order chi connectivity index (χ0) is 10.6. The second-order valence-corrected chi connectivity index (χ2v) is 3.30. The van der Waals surface area contributed by atoms with Gasteiger partial charge in [0.1, 0.15) is 5.84 Å². The summed E-state index contributed by atoms with van der Waals surface area (Å²) in [5, 5.41) is 16.6. The maximum atomic E-state index is 9.32. The van der Waals surface area contributed by atoms with Crippen molar-refractivity contribution in [2.24, 2.45) is 17.6 Å². The number of allylic oxidation sites excluding steroid dienone is 2. The van der Waals surface area contributed by atoms with Gasteiger partial charge >= 0.3 is 0 Å². The highest BCUT2D eigenvalue weighted by Crippen LogP contribution is 2.22. The first kappa shape index (κ1) is 11.8. The second-order valence-electron chi connectivity index (χ2n) is 3.30. The first-order valence-electron chi connectivity index (χ1n) is 4.28. The summed E-state index contributed by atoms with van der Waals surface area (Å²) in [6, 6.07) is 0. The van der Waals surface area contributed by atoms with Crippen molar-refractivity contribution >= 4 is 5.84 Å². The summed E-state index contributed by atoms with van der Waals surface area (Å²) < 4.78 is 0. The molecule has 3 nitrogen and oxygen atoms in total. The minimum atomic E-state index is -0.0683. The number of rotatable bonds is 4. The van der Waals surface area contributed by atoms with Crippen molar-refractivity contribution in [2.45, 2.75) is 20.8 Å². The number of nitrogens with two attached hydrogens (primary N) is 1. The van der Waals surface area contributed by atoms with Crippen LogP contribution in [0.5, 0.6) is 0 Å². The van der Waals surface area contributed by atoms with Crippen molar-refractivity contribution in [1.82, 2.24) is 0 Å². The van der Waals surface area contributed by atoms with Crippen LogP contribution in [0.1, 0.15) is 20.8 Å². The van der Waals surface area contributed by atoms with Gasteiger partial charge in [-0.2, -0.15) is 0 Å². The van der Waals surface area contributed by atoms with E-state index in [1.807, 2.05) is 13.8 Å². The van der Waals surface area contributed by atoms with Gasteiger partial charge in [0.25, 0.3) is 0 Å². The van der Waals surface area contributed by atoms with E-state index in [2.05, 4.69) is 6.58 Å². The predicted octanol–water partition coefficient (Wildman–Crippen LogP) is 2.21. The van der Waals surface area contributed by atoms with E-state index in [1.165, 1.54) is 0 Å². The molecule has 0 spiro atoms. The lowest BCUT2D eigenvalue weighted by atomic mass is 9.87. The number of hydrogen-bond donors (Lipinski definition) is 3. The molecule has 0 radical (unpaired) electrons. The fourth-order valence-electron chi connectivity index (χ4n) is 1.24. The van der Waals surface area contributed by atoms with Crippen LogP contribution < -0.4 is 5.73 Å². The van der Waals surface area contributed by atoms with Gasteiger partial charge in [-0.25, -0.2) is 0 Å². The van der Waals surface area contributed by atoms with Crippen LogP contribution in [-0.4, -0.2) is 10.9 Å². The highest BCUT2D eigenvalue weighted by atomic mass is 16.3. The fourth-order valence-corrected chi connectivity index (χ4v) is 1.24. The molecule has 0 rings (SSSR count). The Balaban J connectivity index is 4.89. The maximum absolute atomic E-state index is 9.32. The lowest BCUT2D eigenvalue weighted by Gasteiger charge is -2.19. The molecule has 3 heteroatoms. The molecule has 0 aromatic carbocycles. The molecule has 0 amide bonds. The number of hydrogen-bond acceptors (Lipinski definition) is 2. The van der Waals surface area contributed by atoms with Crippen LogP contribution in [0, 0.1) is 17.2 Å². The lowest BCUT2D eigenvalue weighted by Crippen LogP contribution is -2.23. The Morgan fingerprint density at radius 1 is 1.54 bits per heavy atom. The maximum Gasteiger partial charge on any atom is 0.122 e. The highest BCUT2D eigenvalue weighted by Gasteiger charge is 2.18. The molecule has 0 fully saturated rings. The van der Waals surface area contributed by atoms with Gasteiger partial charge in [-0.1, -0.05) is 19.9 Å². The lowest BCUT2D eigenvalue weighted by molar-refractivity contribution is 0.393. The molecule has 0 bridgehead atoms. The Morgan fingerprint density at radius 2 is 2.00 bits per heavy atom. The zero-order valence-electron chi connectivity index (χ0n) is 8.46. The van der Waals surface area contributed by atoms with Crippen LogP contribution in [0.2, 0.25) is 0 Å². The minimum Gasteiger partial charge on any atom is -0.512 e. The van der Waals surface area contributed by atoms with Crippen molar-refractivity contribution < 1.29 is 5.11 Å². The largest absolute Gasteiger partial charge is 0.512 e. The number of aliphatic hydroxyl groups excluding tert-OH is 1. The molecule has 2 atom stereocenters. The van der Waals surface area contributed by atoms with E-state index in [-0.39, 0.29) is 23.4 Å². The molecular formula is C10H18N2O. The van der Waals surface area contributed by atoms with Crippen LogP contribution in [0.3, 0.4) is 0 Å². The number of amidine groups is 1. The monoisotopic (exact) mass is 182 g/mol. The molecule has 0 aromatic rings. The van der Waals surface area contributed by atoms with Crippen LogP contribution in [0.4, 0.5) is 0 Å². The molecule has 13 heavy (non-hydrogen) atoms. The van der Waals surface area contributed by atoms with E-state index in [9.17, 15) is 5.11 Å². The van der Waals surface area contributed by atoms with Crippen molar-refractivity contribution in [3.8, 4) is 0 Å². The highest BCUT2D eigenvalue weighted by molar-refractivity contribution is 5.95. The third-order valence-corrected chi connectivity index (χ3v) is 2.30. The number of nitrogens with one attached hydrogen (secondary N) is 1. The smallest absolute Gasteiger partial charge is 0.122 e. The van der Waals surface area contributed by atoms with Gasteiger partial charge in [0.15, 0.2) is 0 Å². The van der Waals surface area contributed by atoms with Crippen LogP contribution in [0.15, 0.2) is 24.0 Å². The summed E-state index contributed by atoms with van der Waals surface area (Å²) in [5.74, 6) is 0.274. The van der Waals surface area contributed by atoms with Crippen molar-refractivity contribution in [3.05, 3.63) is 24.0 Å². The average molecular weight is 182 g/mol. The van der Waals surface area contributed by atoms with Crippen LogP contribution >= 0.6 is 0 Å². The summed E-state index contributed by atoms with van der Waals surface area (Å²) in [6.07, 6.45) is 1.79. The quantitative estimate of drug-likeness (QED) is 0.270. The van der Waals surface area contributed by atoms with Crippen LogP contribution in [-0.2, 0) is 0 Å². The SMILES string of the molecule is C=CC(C)C(C)C(C(=N)N)=C(C)O. The van der Waals surface area contributed by atoms with Gasteiger partial charge < -0.3 is 10.8 Å². The predicted molar refractivity (Wildman–Crippen MR) is 55.8 cm³/mol. The summed E-state index contributed by atoms with van der Waals surface area (Å²) >= 11 is 0. The molecule has 4 N–H and O–H groups in total. The molecule has 0 aromatic heterocycles. The van der Waals surface area contributed by atoms with E-state index in [4.69, 9.17) is 11.1 Å². The van der Waals surface area contributed by atoms with E-state index in [0.29, 0.717) is 5.57 Å². The van der Waals surface area contributed by atoms with Gasteiger partial charge in [0.05, 0.1) is 5.76 Å². The Hall–Kier alpha value is -1.25. The van der Waals surface area contributed by atoms with E-state index in [0.717, 1.165) is 0 Å². The topological polar surface area (TPSA) is 70.1 Å². The molecule has 0 aliphatic rings. The van der Waals surface area contributed by atoms with E-state index >= 15 is 0 Å². The van der Waals surface area contributed by atoms with E-state index in [1.54, 1.807) is 13.0 Å². The number of aliphatic hydroxyl groups is 1. The molecule has 0 aliphatic carbocycles. The molecular weight excluding hydrogens is 164 g/mol. The summed E-state index contributed by atoms with van der Waals surface area (Å²) in [4.78, 5) is 0. The second kappa shape index (κ2) is 4.70. The van der Waals surface area contributed by atoms with Gasteiger partial charge in [0, 0.05) is 5.57 Å². The normalized spacial score (nSPS) is 17.2. The molecule has 0 saturated heterocycles. The molecule has 0 saturated carbocycles. The molecule has 2 unspecified atom stereocenters. The van der Waals surface area contributed by atoms with Crippen molar-refractivity contribution in [2.75, 3.05) is 0 Å². The third-order valence-electron chi connectivity index (χ3n) is 2.30. The minimum absolute atomic E-state index is 0.0278. The fraction of sp³-hybridized carbons (Fsp3) is 0.500. The Morgan fingerprint density at radius 3 is 2.23 bits per heavy atom. The Bertz CT molecular complexity index is 239. The first-order valence-corrected chi connectivity index (χ1v) is 4.28. The Kier molecular flexibility index (Phi) is 4.25. The van der Waals surface area contributed by atoms with Crippen LogP contribution in [0.25, 0.3) is 0 Å². The summed E-state index contributed by atoms with van der Waals surface area (Å²) in [7, 11) is 0.